The molecule has 1 aliphatic heterocycles. The first-order valence-corrected chi connectivity index (χ1v) is 11.7. The molecule has 7 nitrogen and oxygen atoms in total. The van der Waals surface area contributed by atoms with Gasteiger partial charge in [0.1, 0.15) is 29.2 Å². The van der Waals surface area contributed by atoms with Crippen LogP contribution in [0.3, 0.4) is 0 Å². The molecule has 35 heavy (non-hydrogen) atoms. The third-order valence-corrected chi connectivity index (χ3v) is 6.70. The summed E-state index contributed by atoms with van der Waals surface area (Å²) in [5.41, 5.74) is 4.83. The number of ether oxygens (including phenoxy) is 1. The number of hydrogen-bond acceptors (Lipinski definition) is 5. The topological polar surface area (TPSA) is 85.9 Å². The summed E-state index contributed by atoms with van der Waals surface area (Å²) in [6, 6.07) is 10.4. The van der Waals surface area contributed by atoms with Gasteiger partial charge in [0.25, 0.3) is 0 Å². The number of benzene rings is 2. The Labute approximate surface area is 210 Å². The second kappa shape index (κ2) is 9.02. The zero-order chi connectivity index (χ0) is 24.9. The fraction of sp³-hybridized carbons (Fsp3) is 0.240. The number of imidazole rings is 1. The van der Waals surface area contributed by atoms with Gasteiger partial charge >= 0.3 is 5.76 Å². The molecule has 0 aliphatic carbocycles. The minimum absolute atomic E-state index is 0.135. The molecule has 180 valence electrons. The lowest BCUT2D eigenvalue weighted by Gasteiger charge is -2.16. The fourth-order valence-corrected chi connectivity index (χ4v) is 4.72. The summed E-state index contributed by atoms with van der Waals surface area (Å²) in [4.78, 5) is 18.6. The first-order valence-electron chi connectivity index (χ1n) is 11.0. The van der Waals surface area contributed by atoms with E-state index in [0.717, 1.165) is 28.1 Å². The normalized spacial score (nSPS) is 14.4. The van der Waals surface area contributed by atoms with Crippen molar-refractivity contribution in [1.29, 1.82) is 0 Å². The number of hydrogen-bond donors (Lipinski definition) is 1. The van der Waals surface area contributed by atoms with Crippen LogP contribution in [0.4, 0.5) is 4.39 Å². The lowest BCUT2D eigenvalue weighted by Crippen LogP contribution is -2.08. The van der Waals surface area contributed by atoms with Crippen molar-refractivity contribution in [3.63, 3.8) is 0 Å². The summed E-state index contributed by atoms with van der Waals surface area (Å²) in [6.07, 6.45) is 0. The van der Waals surface area contributed by atoms with Crippen LogP contribution in [0.15, 0.2) is 45.7 Å². The van der Waals surface area contributed by atoms with Crippen LogP contribution in [-0.4, -0.2) is 19.7 Å². The van der Waals surface area contributed by atoms with Crippen LogP contribution >= 0.6 is 23.2 Å². The molecule has 4 aromatic rings. The molecule has 0 spiro atoms. The zero-order valence-corrected chi connectivity index (χ0v) is 20.7. The van der Waals surface area contributed by atoms with E-state index in [1.165, 1.54) is 12.1 Å². The van der Waals surface area contributed by atoms with E-state index in [1.807, 2.05) is 43.5 Å². The fourth-order valence-electron chi connectivity index (χ4n) is 4.34. The highest BCUT2D eigenvalue weighted by atomic mass is 35.5. The van der Waals surface area contributed by atoms with Gasteiger partial charge in [-0.2, -0.15) is 0 Å². The van der Waals surface area contributed by atoms with Gasteiger partial charge in [-0.1, -0.05) is 54.3 Å². The van der Waals surface area contributed by atoms with Gasteiger partial charge in [-0.15, -0.1) is 0 Å². The van der Waals surface area contributed by atoms with E-state index < -0.39 is 11.6 Å². The molecule has 0 saturated carbocycles. The average Bonchev–Trinajstić information content (AvgIpc) is 3.33. The van der Waals surface area contributed by atoms with Crippen molar-refractivity contribution < 1.29 is 13.7 Å². The molecular weight excluding hydrogens is 494 g/mol. The summed E-state index contributed by atoms with van der Waals surface area (Å²) in [5.74, 6) is 0.551. The van der Waals surface area contributed by atoms with Gasteiger partial charge in [0.15, 0.2) is 11.0 Å². The van der Waals surface area contributed by atoms with E-state index in [4.69, 9.17) is 32.5 Å². The van der Waals surface area contributed by atoms with Gasteiger partial charge in [-0.3, -0.25) is 9.51 Å². The maximum atomic E-state index is 14.1. The van der Waals surface area contributed by atoms with Crippen LogP contribution < -0.4 is 10.5 Å². The number of allylic oxidation sites excluding steroid dienone is 1. The number of aromatic nitrogens is 4. The Morgan fingerprint density at radius 2 is 1.97 bits per heavy atom. The Bertz CT molecular complexity index is 1530. The van der Waals surface area contributed by atoms with Crippen LogP contribution in [0.5, 0.6) is 5.75 Å². The number of aromatic amines is 1. The molecule has 0 atom stereocenters. The zero-order valence-electron chi connectivity index (χ0n) is 19.2. The van der Waals surface area contributed by atoms with Crippen LogP contribution in [0.2, 0.25) is 10.3 Å². The van der Waals surface area contributed by atoms with Crippen molar-refractivity contribution in [2.75, 3.05) is 0 Å². The number of H-pyrrole nitrogens is 1. The Morgan fingerprint density at radius 1 is 1.20 bits per heavy atom. The quantitative estimate of drug-likeness (QED) is 0.358. The molecule has 1 aliphatic rings. The van der Waals surface area contributed by atoms with Crippen LogP contribution in [0.25, 0.3) is 11.1 Å². The molecule has 5 rings (SSSR count). The highest BCUT2D eigenvalue weighted by molar-refractivity contribution is 6.40. The van der Waals surface area contributed by atoms with Gasteiger partial charge in [-0.25, -0.2) is 14.2 Å². The van der Waals surface area contributed by atoms with Gasteiger partial charge in [-0.05, 0) is 47.4 Å². The lowest BCUT2D eigenvalue weighted by molar-refractivity contribution is 0.305. The number of halogens is 3. The first-order chi connectivity index (χ1) is 16.7. The summed E-state index contributed by atoms with van der Waals surface area (Å²) in [5, 5.41) is 4.50. The lowest BCUT2D eigenvalue weighted by atomic mass is 9.89. The van der Waals surface area contributed by atoms with Gasteiger partial charge in [0, 0.05) is 23.1 Å². The van der Waals surface area contributed by atoms with Crippen LogP contribution in [0, 0.1) is 5.82 Å². The molecule has 2 aromatic heterocycles. The second-order valence-corrected chi connectivity index (χ2v) is 9.37. The molecule has 0 bridgehead atoms. The molecule has 2 aromatic carbocycles. The highest BCUT2D eigenvalue weighted by Crippen LogP contribution is 2.41. The van der Waals surface area contributed by atoms with E-state index in [0.29, 0.717) is 34.4 Å². The summed E-state index contributed by atoms with van der Waals surface area (Å²) >= 11 is 12.6. The van der Waals surface area contributed by atoms with E-state index in [2.05, 4.69) is 15.1 Å². The molecule has 1 N–H and O–H groups in total. The van der Waals surface area contributed by atoms with Crippen molar-refractivity contribution in [1.82, 2.24) is 19.7 Å². The molecule has 0 amide bonds. The number of nitrogens with zero attached hydrogens (tertiary/aromatic N) is 3. The third-order valence-electron chi connectivity index (χ3n) is 5.96. The van der Waals surface area contributed by atoms with Crippen LogP contribution in [-0.2, 0) is 13.2 Å². The average molecular weight is 515 g/mol. The standard InChI is InChI=1S/C25H21Cl2FN4O3/c1-12(2)24-29-21(26)22(27)32(24)10-14-4-6-17-15(8-14)11-34-19-9-16(28)5-7-18(19)20(17)13(3)23-30-25(33)35-31-23/h4-9,12H,10-11H2,1-3H3,(H,30,31,33)/b20-13+. The van der Waals surface area contributed by atoms with Crippen molar-refractivity contribution in [2.24, 2.45) is 0 Å². The Balaban J connectivity index is 1.65. The molecule has 3 heterocycles. The van der Waals surface area contributed by atoms with Gasteiger partial charge < -0.3 is 9.30 Å². The minimum atomic E-state index is -0.656. The smallest absolute Gasteiger partial charge is 0.439 e. The number of nitrogens with one attached hydrogen (secondary N) is 1. The number of fused-ring (bicyclic) bond motifs is 2. The minimum Gasteiger partial charge on any atom is -0.488 e. The molecule has 0 radical (unpaired) electrons. The number of rotatable bonds is 4. The maximum absolute atomic E-state index is 14.1. The molecule has 0 unspecified atom stereocenters. The molecule has 0 fully saturated rings. The van der Waals surface area contributed by atoms with E-state index >= 15 is 0 Å². The second-order valence-electron chi connectivity index (χ2n) is 8.66. The van der Waals surface area contributed by atoms with Crippen molar-refractivity contribution in [2.45, 2.75) is 39.8 Å². The van der Waals surface area contributed by atoms with E-state index in [-0.39, 0.29) is 17.7 Å². The Hall–Kier alpha value is -3.36. The maximum Gasteiger partial charge on any atom is 0.439 e. The molecule has 0 saturated heterocycles. The molecule has 10 heteroatoms. The molecular formula is C25H21Cl2FN4O3. The Kier molecular flexibility index (Phi) is 6.02. The summed E-state index contributed by atoms with van der Waals surface area (Å²) in [6.45, 7) is 6.57. The van der Waals surface area contributed by atoms with E-state index in [9.17, 15) is 9.18 Å². The summed E-state index contributed by atoms with van der Waals surface area (Å²) < 4.78 is 26.7. The Morgan fingerprint density at radius 3 is 2.69 bits per heavy atom. The third kappa shape index (κ3) is 4.28. The SMILES string of the molecule is C/C(=C1/c2ccc(Cn3c(C(C)C)nc(Cl)c3Cl)cc2COc2cc(F)ccc21)c1noc(=O)[nH]1. The van der Waals surface area contributed by atoms with Crippen molar-refractivity contribution >= 4 is 34.3 Å². The van der Waals surface area contributed by atoms with Crippen LogP contribution in [0.1, 0.15) is 60.6 Å². The van der Waals surface area contributed by atoms with E-state index in [1.54, 1.807) is 6.07 Å². The van der Waals surface area contributed by atoms with Gasteiger partial charge in [0.2, 0.25) is 0 Å². The highest BCUT2D eigenvalue weighted by Gasteiger charge is 2.24. The summed E-state index contributed by atoms with van der Waals surface area (Å²) in [7, 11) is 0. The van der Waals surface area contributed by atoms with Crippen molar-refractivity contribution in [3.05, 3.63) is 97.0 Å². The monoisotopic (exact) mass is 514 g/mol. The predicted octanol–water partition coefficient (Wildman–Crippen LogP) is 6.05. The van der Waals surface area contributed by atoms with Gasteiger partial charge in [0.05, 0.1) is 6.54 Å². The van der Waals surface area contributed by atoms with Crippen molar-refractivity contribution in [3.8, 4) is 5.75 Å². The first kappa shape index (κ1) is 23.4. The predicted molar refractivity (Wildman–Crippen MR) is 131 cm³/mol. The largest absolute Gasteiger partial charge is 0.488 e.